The maximum absolute atomic E-state index is 5.94. The van der Waals surface area contributed by atoms with Gasteiger partial charge in [-0.1, -0.05) is 18.2 Å². The Morgan fingerprint density at radius 1 is 1.17 bits per heavy atom. The van der Waals surface area contributed by atoms with Crippen LogP contribution in [0.4, 0.5) is 0 Å². The third-order valence-electron chi connectivity index (χ3n) is 4.15. The normalized spacial score (nSPS) is 18.7. The predicted molar refractivity (Wildman–Crippen MR) is 95.7 cm³/mol. The summed E-state index contributed by atoms with van der Waals surface area (Å²) in [6.45, 7) is 2.31. The number of nitrogens with one attached hydrogen (secondary N) is 1. The van der Waals surface area contributed by atoms with Crippen molar-refractivity contribution in [1.29, 1.82) is 0 Å². The van der Waals surface area contributed by atoms with Crippen LogP contribution in [-0.4, -0.2) is 25.1 Å². The van der Waals surface area contributed by atoms with E-state index in [0.717, 1.165) is 35.0 Å². The maximum Gasteiger partial charge on any atom is 0.163 e. The number of allylic oxidation sites excluding steroid dienone is 1. The number of thiazole rings is 1. The molecule has 0 aliphatic carbocycles. The molecule has 3 aromatic rings. The smallest absolute Gasteiger partial charge is 0.163 e. The van der Waals surface area contributed by atoms with Crippen LogP contribution >= 0.6 is 11.3 Å². The number of para-hydroxylation sites is 1. The first-order valence-electron chi connectivity index (χ1n) is 7.92. The van der Waals surface area contributed by atoms with Crippen LogP contribution in [0.3, 0.4) is 0 Å². The van der Waals surface area contributed by atoms with Gasteiger partial charge in [-0.3, -0.25) is 0 Å². The molecular weight excluding hydrogens is 304 g/mol. The van der Waals surface area contributed by atoms with Crippen molar-refractivity contribution < 1.29 is 9.32 Å². The van der Waals surface area contributed by atoms with Crippen LogP contribution in [0.5, 0.6) is 0 Å². The second-order valence-electron chi connectivity index (χ2n) is 5.96. The number of fused-ring (bicyclic) bond motifs is 1. The summed E-state index contributed by atoms with van der Waals surface area (Å²) in [5.74, 6) is 1.72. The first kappa shape index (κ1) is 14.4. The Kier molecular flexibility index (Phi) is 3.85. The SMILES string of the molecule is C[NH+]1CC=C(/C=C/c2ccc(-c3nc4ccccc4s3)o2)CC1. The van der Waals surface area contributed by atoms with E-state index in [1.807, 2.05) is 30.3 Å². The van der Waals surface area contributed by atoms with Gasteiger partial charge in [-0.2, -0.15) is 0 Å². The molecule has 1 unspecified atom stereocenters. The van der Waals surface area contributed by atoms with Crippen LogP contribution < -0.4 is 4.90 Å². The van der Waals surface area contributed by atoms with Gasteiger partial charge in [-0.05, 0) is 42.0 Å². The number of quaternary nitrogens is 1. The predicted octanol–water partition coefficient (Wildman–Crippen LogP) is 3.41. The number of hydrogen-bond donors (Lipinski definition) is 1. The zero-order valence-corrected chi connectivity index (χ0v) is 13.9. The van der Waals surface area contributed by atoms with Crippen molar-refractivity contribution in [2.45, 2.75) is 6.42 Å². The molecule has 1 aliphatic heterocycles. The van der Waals surface area contributed by atoms with Gasteiger partial charge in [0.25, 0.3) is 0 Å². The molecule has 1 aromatic carbocycles. The molecule has 0 spiro atoms. The van der Waals surface area contributed by atoms with Gasteiger partial charge in [0, 0.05) is 6.42 Å². The van der Waals surface area contributed by atoms with E-state index in [2.05, 4.69) is 36.3 Å². The number of benzene rings is 1. The number of furan rings is 1. The highest BCUT2D eigenvalue weighted by Gasteiger charge is 2.10. The van der Waals surface area contributed by atoms with E-state index in [4.69, 9.17) is 4.42 Å². The number of likely N-dealkylation sites (N-methyl/N-ethyl adjacent to an activating group) is 1. The van der Waals surface area contributed by atoms with Crippen molar-refractivity contribution in [2.24, 2.45) is 0 Å². The van der Waals surface area contributed by atoms with Gasteiger partial charge in [0.15, 0.2) is 10.8 Å². The number of nitrogens with zero attached hydrogens (tertiary/aromatic N) is 1. The Morgan fingerprint density at radius 3 is 2.91 bits per heavy atom. The van der Waals surface area contributed by atoms with Gasteiger partial charge in [-0.15, -0.1) is 11.3 Å². The Bertz CT molecular complexity index is 855. The summed E-state index contributed by atoms with van der Waals surface area (Å²) in [6.07, 6.45) is 7.68. The van der Waals surface area contributed by atoms with Crippen LogP contribution in [0.2, 0.25) is 0 Å². The Morgan fingerprint density at radius 2 is 2.09 bits per heavy atom. The highest BCUT2D eigenvalue weighted by atomic mass is 32.1. The molecule has 4 heteroatoms. The zero-order chi connectivity index (χ0) is 15.6. The van der Waals surface area contributed by atoms with Gasteiger partial charge >= 0.3 is 0 Å². The maximum atomic E-state index is 5.94. The number of rotatable bonds is 3. The fraction of sp³-hybridized carbons (Fsp3) is 0.211. The van der Waals surface area contributed by atoms with Gasteiger partial charge in [0.05, 0.1) is 30.4 Å². The van der Waals surface area contributed by atoms with E-state index in [-0.39, 0.29) is 0 Å². The molecule has 23 heavy (non-hydrogen) atoms. The molecule has 0 bridgehead atoms. The number of hydrogen-bond acceptors (Lipinski definition) is 3. The molecule has 3 nitrogen and oxygen atoms in total. The molecule has 0 saturated carbocycles. The molecule has 0 saturated heterocycles. The molecule has 0 fully saturated rings. The van der Waals surface area contributed by atoms with E-state index in [1.165, 1.54) is 16.8 Å². The largest absolute Gasteiger partial charge is 0.454 e. The van der Waals surface area contributed by atoms with Crippen molar-refractivity contribution in [3.8, 4) is 10.8 Å². The molecule has 116 valence electrons. The fourth-order valence-electron chi connectivity index (χ4n) is 2.74. The average Bonchev–Trinajstić information content (AvgIpc) is 3.21. The summed E-state index contributed by atoms with van der Waals surface area (Å²) < 4.78 is 7.13. The van der Waals surface area contributed by atoms with E-state index < -0.39 is 0 Å². The van der Waals surface area contributed by atoms with E-state index >= 15 is 0 Å². The van der Waals surface area contributed by atoms with Crippen molar-refractivity contribution >= 4 is 27.6 Å². The van der Waals surface area contributed by atoms with Crippen LogP contribution in [-0.2, 0) is 0 Å². The van der Waals surface area contributed by atoms with Crippen LogP contribution in [0.15, 0.2) is 58.5 Å². The molecule has 0 amide bonds. The molecule has 0 radical (unpaired) electrons. The van der Waals surface area contributed by atoms with Gasteiger partial charge in [0.2, 0.25) is 0 Å². The lowest BCUT2D eigenvalue weighted by Gasteiger charge is -2.17. The highest BCUT2D eigenvalue weighted by Crippen LogP contribution is 2.31. The molecule has 4 rings (SSSR count). The second-order valence-corrected chi connectivity index (χ2v) is 6.99. The van der Waals surface area contributed by atoms with Gasteiger partial charge < -0.3 is 9.32 Å². The van der Waals surface area contributed by atoms with E-state index in [9.17, 15) is 0 Å². The van der Waals surface area contributed by atoms with Crippen molar-refractivity contribution in [2.75, 3.05) is 20.1 Å². The Balaban J connectivity index is 1.54. The average molecular weight is 323 g/mol. The second kappa shape index (κ2) is 6.14. The molecule has 1 N–H and O–H groups in total. The lowest BCUT2D eigenvalue weighted by Crippen LogP contribution is -3.09. The number of aromatic nitrogens is 1. The molecule has 3 heterocycles. The van der Waals surface area contributed by atoms with Gasteiger partial charge in [-0.25, -0.2) is 4.98 Å². The van der Waals surface area contributed by atoms with Gasteiger partial charge in [0.1, 0.15) is 5.76 Å². The molecular formula is C19H19N2OS+. The fourth-order valence-corrected chi connectivity index (χ4v) is 3.67. The minimum absolute atomic E-state index is 0.840. The Hall–Kier alpha value is -2.17. The van der Waals surface area contributed by atoms with Crippen molar-refractivity contribution in [3.05, 3.63) is 59.9 Å². The third-order valence-corrected chi connectivity index (χ3v) is 5.20. The molecule has 1 atom stereocenters. The first-order chi connectivity index (χ1) is 11.3. The quantitative estimate of drug-likeness (QED) is 0.800. The molecule has 1 aliphatic rings. The minimum atomic E-state index is 0.840. The summed E-state index contributed by atoms with van der Waals surface area (Å²) in [5.41, 5.74) is 2.42. The lowest BCUT2D eigenvalue weighted by molar-refractivity contribution is -0.874. The first-order valence-corrected chi connectivity index (χ1v) is 8.74. The topological polar surface area (TPSA) is 30.5 Å². The monoisotopic (exact) mass is 323 g/mol. The summed E-state index contributed by atoms with van der Waals surface area (Å²) in [4.78, 5) is 6.21. The van der Waals surface area contributed by atoms with Crippen LogP contribution in [0, 0.1) is 0 Å². The van der Waals surface area contributed by atoms with Crippen molar-refractivity contribution in [3.63, 3.8) is 0 Å². The summed E-state index contributed by atoms with van der Waals surface area (Å²) in [7, 11) is 2.23. The van der Waals surface area contributed by atoms with Crippen molar-refractivity contribution in [1.82, 2.24) is 4.98 Å². The lowest BCUT2D eigenvalue weighted by atomic mass is 10.1. The summed E-state index contributed by atoms with van der Waals surface area (Å²) in [5, 5.41) is 0.938. The van der Waals surface area contributed by atoms with E-state index in [1.54, 1.807) is 16.2 Å². The third kappa shape index (κ3) is 3.14. The van der Waals surface area contributed by atoms with E-state index in [0.29, 0.717) is 0 Å². The summed E-state index contributed by atoms with van der Waals surface area (Å²) >= 11 is 1.67. The highest BCUT2D eigenvalue weighted by molar-refractivity contribution is 7.21. The standard InChI is InChI=1S/C19H18N2OS/c1-21-12-10-14(11-13-21)6-7-15-8-9-17(22-15)19-20-16-4-2-3-5-18(16)23-19/h2-10H,11-13H2,1H3/p+1/b7-6+. The molecule has 2 aromatic heterocycles. The zero-order valence-electron chi connectivity index (χ0n) is 13.1. The minimum Gasteiger partial charge on any atom is -0.454 e. The van der Waals surface area contributed by atoms with Crippen LogP contribution in [0.25, 0.3) is 27.1 Å². The summed E-state index contributed by atoms with van der Waals surface area (Å²) in [6, 6.07) is 12.2. The Labute approximate surface area is 139 Å². The van der Waals surface area contributed by atoms with Crippen LogP contribution in [0.1, 0.15) is 12.2 Å².